The molecule has 0 aliphatic rings. The zero-order valence-corrected chi connectivity index (χ0v) is 10.8. The standard InChI is InChI=1S/C14H14F2N2O/c1-3-14(19)12-7-17-18(9(12)2)8-10-4-5-11(15)6-13(10)16/h4-7H,3,8H2,1-2H3. The second kappa shape index (κ2) is 5.30. The largest absolute Gasteiger partial charge is 0.294 e. The van der Waals surface area contributed by atoms with E-state index in [1.165, 1.54) is 18.3 Å². The van der Waals surface area contributed by atoms with E-state index >= 15 is 0 Å². The molecule has 2 rings (SSSR count). The van der Waals surface area contributed by atoms with Gasteiger partial charge in [-0.3, -0.25) is 9.48 Å². The molecule has 100 valence electrons. The Morgan fingerprint density at radius 1 is 1.37 bits per heavy atom. The molecule has 19 heavy (non-hydrogen) atoms. The number of hydrogen-bond acceptors (Lipinski definition) is 2. The second-order valence-electron chi connectivity index (χ2n) is 4.31. The molecule has 0 N–H and O–H groups in total. The third kappa shape index (κ3) is 2.70. The highest BCUT2D eigenvalue weighted by molar-refractivity contribution is 5.96. The molecule has 0 saturated carbocycles. The number of nitrogens with zero attached hydrogens (tertiary/aromatic N) is 2. The molecule has 0 aliphatic carbocycles. The molecule has 3 nitrogen and oxygen atoms in total. The summed E-state index contributed by atoms with van der Waals surface area (Å²) >= 11 is 0. The van der Waals surface area contributed by atoms with Crippen LogP contribution in [0.1, 0.15) is 35.0 Å². The summed E-state index contributed by atoms with van der Waals surface area (Å²) in [7, 11) is 0. The van der Waals surface area contributed by atoms with E-state index in [0.717, 1.165) is 6.07 Å². The minimum Gasteiger partial charge on any atom is -0.294 e. The lowest BCUT2D eigenvalue weighted by Crippen LogP contribution is -2.07. The molecule has 0 radical (unpaired) electrons. The van der Waals surface area contributed by atoms with Crippen LogP contribution in [0.15, 0.2) is 24.4 Å². The second-order valence-corrected chi connectivity index (χ2v) is 4.31. The minimum atomic E-state index is -0.613. The van der Waals surface area contributed by atoms with E-state index in [1.807, 2.05) is 0 Å². The first-order valence-electron chi connectivity index (χ1n) is 6.02. The number of ketones is 1. The average molecular weight is 264 g/mol. The number of carbonyl (C=O) groups excluding carboxylic acids is 1. The molecule has 0 spiro atoms. The van der Waals surface area contributed by atoms with Gasteiger partial charge in [-0.15, -0.1) is 0 Å². The molecule has 0 unspecified atom stereocenters. The Morgan fingerprint density at radius 3 is 2.74 bits per heavy atom. The first kappa shape index (κ1) is 13.4. The van der Waals surface area contributed by atoms with Gasteiger partial charge in [0.25, 0.3) is 0 Å². The fourth-order valence-corrected chi connectivity index (χ4v) is 1.88. The Kier molecular flexibility index (Phi) is 3.74. The number of hydrogen-bond donors (Lipinski definition) is 0. The number of aromatic nitrogens is 2. The maximum Gasteiger partial charge on any atom is 0.166 e. The van der Waals surface area contributed by atoms with Crippen molar-refractivity contribution in [2.24, 2.45) is 0 Å². The van der Waals surface area contributed by atoms with Gasteiger partial charge in [0.2, 0.25) is 0 Å². The van der Waals surface area contributed by atoms with Gasteiger partial charge in [-0.25, -0.2) is 8.78 Å². The van der Waals surface area contributed by atoms with E-state index in [0.29, 0.717) is 23.2 Å². The highest BCUT2D eigenvalue weighted by Gasteiger charge is 2.13. The van der Waals surface area contributed by atoms with Crippen LogP contribution < -0.4 is 0 Å². The van der Waals surface area contributed by atoms with E-state index < -0.39 is 11.6 Å². The molecule has 0 amide bonds. The Balaban J connectivity index is 2.29. The third-order valence-corrected chi connectivity index (χ3v) is 3.06. The average Bonchev–Trinajstić information content (AvgIpc) is 2.73. The highest BCUT2D eigenvalue weighted by Crippen LogP contribution is 2.15. The van der Waals surface area contributed by atoms with Crippen molar-refractivity contribution in [1.82, 2.24) is 9.78 Å². The van der Waals surface area contributed by atoms with Gasteiger partial charge in [-0.2, -0.15) is 5.10 Å². The SMILES string of the molecule is CCC(=O)c1cnn(Cc2ccc(F)cc2F)c1C. The molecule has 0 bridgehead atoms. The van der Waals surface area contributed by atoms with E-state index in [9.17, 15) is 13.6 Å². The third-order valence-electron chi connectivity index (χ3n) is 3.06. The molecule has 1 aromatic carbocycles. The summed E-state index contributed by atoms with van der Waals surface area (Å²) in [4.78, 5) is 11.6. The van der Waals surface area contributed by atoms with Crippen LogP contribution in [-0.4, -0.2) is 15.6 Å². The van der Waals surface area contributed by atoms with Gasteiger partial charge in [0, 0.05) is 23.7 Å². The Hall–Kier alpha value is -2.04. The van der Waals surface area contributed by atoms with Crippen LogP contribution in [0.2, 0.25) is 0 Å². The number of halogens is 2. The van der Waals surface area contributed by atoms with Crippen LogP contribution in [0.3, 0.4) is 0 Å². The van der Waals surface area contributed by atoms with Crippen LogP contribution >= 0.6 is 0 Å². The van der Waals surface area contributed by atoms with Crippen molar-refractivity contribution in [1.29, 1.82) is 0 Å². The molecular formula is C14H14F2N2O. The lowest BCUT2D eigenvalue weighted by atomic mass is 10.1. The summed E-state index contributed by atoms with van der Waals surface area (Å²) in [6.07, 6.45) is 1.89. The molecule has 5 heteroatoms. The summed E-state index contributed by atoms with van der Waals surface area (Å²) in [5.41, 5.74) is 1.57. The Morgan fingerprint density at radius 2 is 2.11 bits per heavy atom. The van der Waals surface area contributed by atoms with Gasteiger partial charge in [0.1, 0.15) is 11.6 Å². The summed E-state index contributed by atoms with van der Waals surface area (Å²) in [6, 6.07) is 3.43. The number of benzene rings is 1. The summed E-state index contributed by atoms with van der Waals surface area (Å²) < 4.78 is 27.9. The van der Waals surface area contributed by atoms with Gasteiger partial charge in [0.05, 0.1) is 18.3 Å². The predicted molar refractivity (Wildman–Crippen MR) is 67.0 cm³/mol. The minimum absolute atomic E-state index is 0.00308. The van der Waals surface area contributed by atoms with Crippen LogP contribution in [0.25, 0.3) is 0 Å². The smallest absolute Gasteiger partial charge is 0.166 e. The zero-order valence-electron chi connectivity index (χ0n) is 10.8. The maximum absolute atomic E-state index is 13.6. The van der Waals surface area contributed by atoms with Crippen molar-refractivity contribution in [2.45, 2.75) is 26.8 Å². The van der Waals surface area contributed by atoms with Crippen molar-refractivity contribution < 1.29 is 13.6 Å². The van der Waals surface area contributed by atoms with E-state index in [1.54, 1.807) is 18.5 Å². The highest BCUT2D eigenvalue weighted by atomic mass is 19.1. The first-order valence-corrected chi connectivity index (χ1v) is 6.02. The molecule has 1 heterocycles. The summed E-state index contributed by atoms with van der Waals surface area (Å²) in [5, 5.41) is 4.08. The van der Waals surface area contributed by atoms with E-state index in [2.05, 4.69) is 5.10 Å². The molecule has 2 aromatic rings. The number of Topliss-reactive ketones (excluding diaryl/α,β-unsaturated/α-hetero) is 1. The van der Waals surface area contributed by atoms with Crippen molar-refractivity contribution in [3.8, 4) is 0 Å². The van der Waals surface area contributed by atoms with Crippen molar-refractivity contribution in [3.05, 3.63) is 52.9 Å². The van der Waals surface area contributed by atoms with Crippen molar-refractivity contribution in [2.75, 3.05) is 0 Å². The van der Waals surface area contributed by atoms with Gasteiger partial charge in [-0.05, 0) is 13.0 Å². The van der Waals surface area contributed by atoms with Crippen molar-refractivity contribution in [3.63, 3.8) is 0 Å². The molecular weight excluding hydrogens is 250 g/mol. The first-order chi connectivity index (χ1) is 9.02. The lowest BCUT2D eigenvalue weighted by Gasteiger charge is -2.06. The van der Waals surface area contributed by atoms with Gasteiger partial charge >= 0.3 is 0 Å². The maximum atomic E-state index is 13.6. The fraction of sp³-hybridized carbons (Fsp3) is 0.286. The topological polar surface area (TPSA) is 34.9 Å². The van der Waals surface area contributed by atoms with E-state index in [4.69, 9.17) is 0 Å². The number of rotatable bonds is 4. The normalized spacial score (nSPS) is 10.7. The zero-order chi connectivity index (χ0) is 14.0. The molecule has 0 saturated heterocycles. The predicted octanol–water partition coefficient (Wildman–Crippen LogP) is 3.11. The summed E-state index contributed by atoms with van der Waals surface area (Å²) in [6.45, 7) is 3.71. The van der Waals surface area contributed by atoms with Gasteiger partial charge in [-0.1, -0.05) is 13.0 Å². The molecule has 1 aromatic heterocycles. The molecule has 0 fully saturated rings. The Labute approximate surface area is 109 Å². The quantitative estimate of drug-likeness (QED) is 0.795. The van der Waals surface area contributed by atoms with Crippen LogP contribution in [0.5, 0.6) is 0 Å². The lowest BCUT2D eigenvalue weighted by molar-refractivity contribution is 0.0987. The fourth-order valence-electron chi connectivity index (χ4n) is 1.88. The Bertz CT molecular complexity index is 620. The summed E-state index contributed by atoms with van der Waals surface area (Å²) in [5.74, 6) is -1.22. The molecule has 0 atom stereocenters. The van der Waals surface area contributed by atoms with Crippen LogP contribution in [0.4, 0.5) is 8.78 Å². The van der Waals surface area contributed by atoms with Crippen LogP contribution in [-0.2, 0) is 6.54 Å². The van der Waals surface area contributed by atoms with Crippen molar-refractivity contribution >= 4 is 5.78 Å². The van der Waals surface area contributed by atoms with Gasteiger partial charge in [0.15, 0.2) is 5.78 Å². The monoisotopic (exact) mass is 264 g/mol. The van der Waals surface area contributed by atoms with Crippen LogP contribution in [0, 0.1) is 18.6 Å². The molecule has 0 aliphatic heterocycles. The number of carbonyl (C=O) groups is 1. The van der Waals surface area contributed by atoms with Gasteiger partial charge < -0.3 is 0 Å². The van der Waals surface area contributed by atoms with E-state index in [-0.39, 0.29) is 12.3 Å².